The summed E-state index contributed by atoms with van der Waals surface area (Å²) in [6, 6.07) is 9.61. The molecular formula is C17H17ClFN3O4S. The number of methoxy groups -OCH3 is 1. The molecule has 0 unspecified atom stereocenters. The van der Waals surface area contributed by atoms with E-state index in [1.165, 1.54) is 56.8 Å². The second-order valence-corrected chi connectivity index (χ2v) is 7.86. The quantitative estimate of drug-likeness (QED) is 0.557. The smallest absolute Gasteiger partial charge is 0.255 e. The molecule has 27 heavy (non-hydrogen) atoms. The van der Waals surface area contributed by atoms with Crippen LogP contribution in [0.25, 0.3) is 0 Å². The zero-order valence-corrected chi connectivity index (χ0v) is 16.1. The van der Waals surface area contributed by atoms with Gasteiger partial charge in [-0.2, -0.15) is 9.41 Å². The van der Waals surface area contributed by atoms with Crippen LogP contribution >= 0.6 is 11.6 Å². The van der Waals surface area contributed by atoms with Crippen molar-refractivity contribution in [1.29, 1.82) is 0 Å². The van der Waals surface area contributed by atoms with Crippen LogP contribution in [0.15, 0.2) is 52.5 Å². The van der Waals surface area contributed by atoms with E-state index in [1.54, 1.807) is 6.07 Å². The van der Waals surface area contributed by atoms with Gasteiger partial charge in [-0.3, -0.25) is 4.79 Å². The second-order valence-electron chi connectivity index (χ2n) is 5.41. The minimum absolute atomic E-state index is 0.0770. The number of sulfonamides is 1. The zero-order valence-electron chi connectivity index (χ0n) is 14.5. The maximum atomic E-state index is 13.1. The van der Waals surface area contributed by atoms with Crippen molar-refractivity contribution in [3.05, 3.63) is 58.9 Å². The van der Waals surface area contributed by atoms with Crippen LogP contribution in [0.1, 0.15) is 5.56 Å². The molecule has 1 N–H and O–H groups in total. The van der Waals surface area contributed by atoms with E-state index in [9.17, 15) is 17.6 Å². The number of carbonyl (C=O) groups is 1. The third-order valence-electron chi connectivity index (χ3n) is 3.45. The summed E-state index contributed by atoms with van der Waals surface area (Å²) in [7, 11) is -1.27. The molecule has 0 aliphatic carbocycles. The predicted molar refractivity (Wildman–Crippen MR) is 100.0 cm³/mol. The lowest BCUT2D eigenvalue weighted by atomic mass is 10.2. The molecule has 0 saturated heterocycles. The van der Waals surface area contributed by atoms with E-state index in [0.717, 1.165) is 4.31 Å². The van der Waals surface area contributed by atoms with Gasteiger partial charge < -0.3 is 4.74 Å². The van der Waals surface area contributed by atoms with Gasteiger partial charge in [0.15, 0.2) is 0 Å². The van der Waals surface area contributed by atoms with Gasteiger partial charge in [0.05, 0.1) is 29.8 Å². The normalized spacial score (nSPS) is 11.7. The number of carbonyl (C=O) groups excluding carboxylic acids is 1. The number of ether oxygens (including phenoxy) is 1. The fourth-order valence-electron chi connectivity index (χ4n) is 2.08. The number of hydrogen-bond acceptors (Lipinski definition) is 5. The molecule has 0 saturated carbocycles. The molecular weight excluding hydrogens is 397 g/mol. The second kappa shape index (κ2) is 8.94. The molecule has 0 aliphatic rings. The number of benzene rings is 2. The molecule has 0 radical (unpaired) electrons. The molecule has 2 aromatic carbocycles. The van der Waals surface area contributed by atoms with Gasteiger partial charge in [-0.15, -0.1) is 0 Å². The maximum Gasteiger partial charge on any atom is 0.255 e. The lowest BCUT2D eigenvalue weighted by Crippen LogP contribution is -2.36. The highest BCUT2D eigenvalue weighted by Gasteiger charge is 2.23. The molecule has 0 atom stereocenters. The van der Waals surface area contributed by atoms with Crippen molar-refractivity contribution >= 4 is 33.7 Å². The summed E-state index contributed by atoms with van der Waals surface area (Å²) >= 11 is 5.95. The molecule has 0 aliphatic heterocycles. The molecule has 0 bridgehead atoms. The number of nitrogens with zero attached hydrogens (tertiary/aromatic N) is 2. The highest BCUT2D eigenvalue weighted by Crippen LogP contribution is 2.27. The van der Waals surface area contributed by atoms with E-state index < -0.39 is 28.3 Å². The number of rotatable bonds is 7. The number of halogens is 2. The Labute approximate surface area is 161 Å². The third-order valence-corrected chi connectivity index (χ3v) is 5.54. The Morgan fingerprint density at radius 3 is 2.70 bits per heavy atom. The van der Waals surface area contributed by atoms with Crippen LogP contribution < -0.4 is 10.2 Å². The van der Waals surface area contributed by atoms with Crippen molar-refractivity contribution < 1.29 is 22.3 Å². The number of hydrazone groups is 1. The van der Waals surface area contributed by atoms with Crippen LogP contribution in [0.3, 0.4) is 0 Å². The Kier molecular flexibility index (Phi) is 6.89. The first kappa shape index (κ1) is 20.8. The number of likely N-dealkylation sites (N-methyl/N-ethyl adjacent to an activating group) is 1. The Bertz CT molecular complexity index is 966. The van der Waals surface area contributed by atoms with E-state index in [2.05, 4.69) is 10.5 Å². The number of amides is 1. The fraction of sp³-hybridized carbons (Fsp3) is 0.176. The predicted octanol–water partition coefficient (Wildman–Crippen LogP) is 2.26. The van der Waals surface area contributed by atoms with Gasteiger partial charge in [-0.25, -0.2) is 18.2 Å². The Morgan fingerprint density at radius 2 is 2.07 bits per heavy atom. The van der Waals surface area contributed by atoms with E-state index in [1.807, 2.05) is 0 Å². The van der Waals surface area contributed by atoms with Crippen LogP contribution in [0, 0.1) is 5.82 Å². The van der Waals surface area contributed by atoms with Crippen LogP contribution in [0.5, 0.6) is 5.75 Å². The summed E-state index contributed by atoms with van der Waals surface area (Å²) in [5, 5.41) is 3.81. The molecule has 0 heterocycles. The summed E-state index contributed by atoms with van der Waals surface area (Å²) in [5.41, 5.74) is 2.64. The summed E-state index contributed by atoms with van der Waals surface area (Å²) in [4.78, 5) is 11.8. The van der Waals surface area contributed by atoms with E-state index in [-0.39, 0.29) is 9.92 Å². The molecule has 144 valence electrons. The van der Waals surface area contributed by atoms with Gasteiger partial charge in [0.25, 0.3) is 5.91 Å². The minimum atomic E-state index is -3.93. The van der Waals surface area contributed by atoms with Gasteiger partial charge in [-0.05, 0) is 35.9 Å². The summed E-state index contributed by atoms with van der Waals surface area (Å²) in [5.74, 6) is -0.759. The lowest BCUT2D eigenvalue weighted by molar-refractivity contribution is -0.121. The van der Waals surface area contributed by atoms with Gasteiger partial charge in [0.2, 0.25) is 10.0 Å². The molecule has 2 aromatic rings. The van der Waals surface area contributed by atoms with E-state index in [0.29, 0.717) is 11.3 Å². The van der Waals surface area contributed by atoms with Crippen LogP contribution in [0.2, 0.25) is 5.02 Å². The monoisotopic (exact) mass is 413 g/mol. The van der Waals surface area contributed by atoms with Crippen molar-refractivity contribution in [1.82, 2.24) is 9.73 Å². The highest BCUT2D eigenvalue weighted by molar-refractivity contribution is 7.89. The van der Waals surface area contributed by atoms with Crippen molar-refractivity contribution in [3.8, 4) is 5.75 Å². The van der Waals surface area contributed by atoms with Crippen LogP contribution in [-0.4, -0.2) is 45.5 Å². The van der Waals surface area contributed by atoms with Crippen molar-refractivity contribution in [2.45, 2.75) is 4.90 Å². The minimum Gasteiger partial charge on any atom is -0.495 e. The van der Waals surface area contributed by atoms with Gasteiger partial charge in [-0.1, -0.05) is 23.7 Å². The van der Waals surface area contributed by atoms with Crippen molar-refractivity contribution in [3.63, 3.8) is 0 Å². The molecule has 1 amide bonds. The zero-order chi connectivity index (χ0) is 20.0. The van der Waals surface area contributed by atoms with E-state index in [4.69, 9.17) is 16.3 Å². The number of nitrogens with one attached hydrogen (secondary N) is 1. The summed E-state index contributed by atoms with van der Waals surface area (Å²) in [6.07, 6.45) is 1.25. The molecule has 7 nitrogen and oxygen atoms in total. The average molecular weight is 414 g/mol. The first-order valence-corrected chi connectivity index (χ1v) is 9.43. The fourth-order valence-corrected chi connectivity index (χ4v) is 3.55. The Hall–Kier alpha value is -2.49. The van der Waals surface area contributed by atoms with Gasteiger partial charge in [0, 0.05) is 7.05 Å². The standard InChI is InChI=1S/C17H17ClFN3O4S/c1-22(27(24,25)14-6-7-16(26-2)15(18)9-14)11-17(23)21-20-10-12-4-3-5-13(19)8-12/h3-10H,11H2,1-2H3,(H,21,23). The van der Waals surface area contributed by atoms with Crippen LogP contribution in [-0.2, 0) is 14.8 Å². The average Bonchev–Trinajstić information content (AvgIpc) is 2.61. The van der Waals surface area contributed by atoms with Gasteiger partial charge >= 0.3 is 0 Å². The first-order chi connectivity index (χ1) is 12.7. The first-order valence-electron chi connectivity index (χ1n) is 7.61. The van der Waals surface area contributed by atoms with Crippen molar-refractivity contribution in [2.75, 3.05) is 20.7 Å². The molecule has 0 aromatic heterocycles. The maximum absolute atomic E-state index is 13.1. The van der Waals surface area contributed by atoms with Gasteiger partial charge in [0.1, 0.15) is 11.6 Å². The molecule has 2 rings (SSSR count). The SMILES string of the molecule is COc1ccc(S(=O)(=O)N(C)CC(=O)NN=Cc2cccc(F)c2)cc1Cl. The van der Waals surface area contributed by atoms with E-state index >= 15 is 0 Å². The van der Waals surface area contributed by atoms with Crippen LogP contribution in [0.4, 0.5) is 4.39 Å². The molecule has 0 spiro atoms. The highest BCUT2D eigenvalue weighted by atomic mass is 35.5. The molecule has 10 heteroatoms. The molecule has 0 fully saturated rings. The lowest BCUT2D eigenvalue weighted by Gasteiger charge is -2.16. The summed E-state index contributed by atoms with van der Waals surface area (Å²) < 4.78 is 43.9. The number of hydrogen-bond donors (Lipinski definition) is 1. The topological polar surface area (TPSA) is 88.1 Å². The Morgan fingerprint density at radius 1 is 1.33 bits per heavy atom. The van der Waals surface area contributed by atoms with Crippen molar-refractivity contribution in [2.24, 2.45) is 5.10 Å². The Balaban J connectivity index is 2.01. The summed E-state index contributed by atoms with van der Waals surface area (Å²) in [6.45, 7) is -0.466. The largest absolute Gasteiger partial charge is 0.495 e. The third kappa shape index (κ3) is 5.49.